The summed E-state index contributed by atoms with van der Waals surface area (Å²) in [6.07, 6.45) is 1.44. The van der Waals surface area contributed by atoms with Crippen molar-refractivity contribution in [2.24, 2.45) is 0 Å². The maximum absolute atomic E-state index is 13.6. The monoisotopic (exact) mass is 223 g/mol. The second-order valence-electron chi connectivity index (χ2n) is 3.28. The first-order chi connectivity index (χ1) is 7.63. The standard InChI is InChI=1S/C11H10FNO3/c1-13(15-2)11(14)8-6-10-7(3-4-16-10)5-9(8)12/h3-6H,1-2H3. The molecular weight excluding hydrogens is 213 g/mol. The highest BCUT2D eigenvalue weighted by Gasteiger charge is 2.17. The minimum atomic E-state index is -0.595. The van der Waals surface area contributed by atoms with Crippen LogP contribution in [-0.4, -0.2) is 25.1 Å². The fraction of sp³-hybridized carbons (Fsp3) is 0.182. The first-order valence-corrected chi connectivity index (χ1v) is 4.62. The first-order valence-electron chi connectivity index (χ1n) is 4.62. The zero-order chi connectivity index (χ0) is 11.7. The van der Waals surface area contributed by atoms with Gasteiger partial charge >= 0.3 is 0 Å². The molecule has 2 rings (SSSR count). The molecule has 0 saturated carbocycles. The molecule has 1 amide bonds. The van der Waals surface area contributed by atoms with E-state index in [9.17, 15) is 9.18 Å². The summed E-state index contributed by atoms with van der Waals surface area (Å²) in [4.78, 5) is 16.4. The van der Waals surface area contributed by atoms with Crippen LogP contribution in [0.2, 0.25) is 0 Å². The zero-order valence-corrected chi connectivity index (χ0v) is 8.86. The molecule has 0 spiro atoms. The normalized spacial score (nSPS) is 10.7. The zero-order valence-electron chi connectivity index (χ0n) is 8.86. The highest BCUT2D eigenvalue weighted by atomic mass is 19.1. The number of fused-ring (bicyclic) bond motifs is 1. The molecule has 0 unspecified atom stereocenters. The minimum Gasteiger partial charge on any atom is -0.464 e. The molecule has 0 bridgehead atoms. The average molecular weight is 223 g/mol. The Morgan fingerprint density at radius 1 is 1.50 bits per heavy atom. The Balaban J connectivity index is 2.51. The Bertz CT molecular complexity index is 535. The molecule has 0 atom stereocenters. The molecule has 0 saturated heterocycles. The fourth-order valence-corrected chi connectivity index (χ4v) is 1.40. The molecule has 84 valence electrons. The van der Waals surface area contributed by atoms with Gasteiger partial charge in [-0.25, -0.2) is 9.45 Å². The van der Waals surface area contributed by atoms with Crippen LogP contribution in [0.1, 0.15) is 10.4 Å². The van der Waals surface area contributed by atoms with Crippen molar-refractivity contribution in [1.29, 1.82) is 0 Å². The summed E-state index contributed by atoms with van der Waals surface area (Å²) in [5.74, 6) is -1.15. The minimum absolute atomic E-state index is 0.0770. The van der Waals surface area contributed by atoms with Gasteiger partial charge in [-0.3, -0.25) is 9.63 Å². The molecule has 0 radical (unpaired) electrons. The SMILES string of the molecule is CON(C)C(=O)c1cc2occc2cc1F. The summed E-state index contributed by atoms with van der Waals surface area (Å²) in [6.45, 7) is 0. The smallest absolute Gasteiger partial charge is 0.280 e. The number of amides is 1. The lowest BCUT2D eigenvalue weighted by Gasteiger charge is -2.13. The summed E-state index contributed by atoms with van der Waals surface area (Å²) in [6, 6.07) is 4.25. The summed E-state index contributed by atoms with van der Waals surface area (Å²) in [5, 5.41) is 1.57. The number of nitrogens with zero attached hydrogens (tertiary/aromatic N) is 1. The Kier molecular flexibility index (Phi) is 2.62. The first kappa shape index (κ1) is 10.6. The summed E-state index contributed by atoms with van der Waals surface area (Å²) < 4.78 is 18.7. The molecule has 0 fully saturated rings. The molecule has 0 aliphatic rings. The third kappa shape index (κ3) is 1.65. The summed E-state index contributed by atoms with van der Waals surface area (Å²) in [5.41, 5.74) is 0.390. The molecule has 4 nitrogen and oxygen atoms in total. The van der Waals surface area contributed by atoms with Gasteiger partial charge in [-0.2, -0.15) is 0 Å². The predicted molar refractivity (Wildman–Crippen MR) is 55.3 cm³/mol. The number of furan rings is 1. The Labute approximate surface area is 91.2 Å². The molecule has 1 heterocycles. The highest BCUT2D eigenvalue weighted by Crippen LogP contribution is 2.21. The van der Waals surface area contributed by atoms with E-state index in [4.69, 9.17) is 9.25 Å². The number of hydrogen-bond acceptors (Lipinski definition) is 3. The quantitative estimate of drug-likeness (QED) is 0.733. The number of hydrogen-bond donors (Lipinski definition) is 0. The Morgan fingerprint density at radius 2 is 2.25 bits per heavy atom. The van der Waals surface area contributed by atoms with Gasteiger partial charge in [0.15, 0.2) is 0 Å². The summed E-state index contributed by atoms with van der Waals surface area (Å²) in [7, 11) is 2.75. The van der Waals surface area contributed by atoms with E-state index in [1.54, 1.807) is 6.07 Å². The van der Waals surface area contributed by atoms with Crippen LogP contribution in [0.25, 0.3) is 11.0 Å². The van der Waals surface area contributed by atoms with E-state index in [1.807, 2.05) is 0 Å². The predicted octanol–water partition coefficient (Wildman–Crippen LogP) is 2.21. The van der Waals surface area contributed by atoms with Crippen molar-refractivity contribution >= 4 is 16.9 Å². The molecule has 2 aromatic rings. The lowest BCUT2D eigenvalue weighted by molar-refractivity contribution is -0.0759. The van der Waals surface area contributed by atoms with Crippen molar-refractivity contribution in [2.45, 2.75) is 0 Å². The third-order valence-corrected chi connectivity index (χ3v) is 2.33. The number of benzene rings is 1. The van der Waals surface area contributed by atoms with Crippen molar-refractivity contribution < 1.29 is 18.4 Å². The number of hydroxylamine groups is 2. The maximum atomic E-state index is 13.6. The molecule has 0 aliphatic heterocycles. The number of carbonyl (C=O) groups excluding carboxylic acids is 1. The lowest BCUT2D eigenvalue weighted by Crippen LogP contribution is -2.26. The van der Waals surface area contributed by atoms with Crippen LogP contribution in [0.4, 0.5) is 4.39 Å². The second kappa shape index (κ2) is 3.94. The van der Waals surface area contributed by atoms with Crippen molar-refractivity contribution in [3.63, 3.8) is 0 Å². The van der Waals surface area contributed by atoms with Crippen LogP contribution in [0.5, 0.6) is 0 Å². The third-order valence-electron chi connectivity index (χ3n) is 2.33. The Hall–Kier alpha value is -1.88. The van der Waals surface area contributed by atoms with Crippen LogP contribution in [-0.2, 0) is 4.84 Å². The van der Waals surface area contributed by atoms with E-state index in [-0.39, 0.29) is 5.56 Å². The van der Waals surface area contributed by atoms with Gasteiger partial charge in [0.2, 0.25) is 0 Å². The molecular formula is C11H10FNO3. The van der Waals surface area contributed by atoms with Crippen LogP contribution >= 0.6 is 0 Å². The topological polar surface area (TPSA) is 42.7 Å². The van der Waals surface area contributed by atoms with Crippen molar-refractivity contribution in [1.82, 2.24) is 5.06 Å². The molecule has 16 heavy (non-hydrogen) atoms. The van der Waals surface area contributed by atoms with Crippen molar-refractivity contribution in [3.05, 3.63) is 35.8 Å². The maximum Gasteiger partial charge on any atom is 0.280 e. The van der Waals surface area contributed by atoms with E-state index in [0.717, 1.165) is 5.06 Å². The molecule has 0 N–H and O–H groups in total. The van der Waals surface area contributed by atoms with Gasteiger partial charge in [0.1, 0.15) is 11.4 Å². The van der Waals surface area contributed by atoms with E-state index in [1.165, 1.54) is 32.6 Å². The van der Waals surface area contributed by atoms with Gasteiger partial charge in [0, 0.05) is 12.4 Å². The van der Waals surface area contributed by atoms with Gasteiger partial charge < -0.3 is 4.42 Å². The largest absolute Gasteiger partial charge is 0.464 e. The highest BCUT2D eigenvalue weighted by molar-refractivity contribution is 5.97. The van der Waals surface area contributed by atoms with E-state index < -0.39 is 11.7 Å². The molecule has 0 aliphatic carbocycles. The summed E-state index contributed by atoms with van der Waals surface area (Å²) >= 11 is 0. The molecule has 5 heteroatoms. The average Bonchev–Trinajstić information content (AvgIpc) is 2.72. The van der Waals surface area contributed by atoms with Gasteiger partial charge in [-0.1, -0.05) is 0 Å². The van der Waals surface area contributed by atoms with Gasteiger partial charge in [0.25, 0.3) is 5.91 Å². The number of halogens is 1. The van der Waals surface area contributed by atoms with Crippen LogP contribution in [0, 0.1) is 5.82 Å². The van der Waals surface area contributed by atoms with Crippen LogP contribution in [0.3, 0.4) is 0 Å². The van der Waals surface area contributed by atoms with E-state index >= 15 is 0 Å². The van der Waals surface area contributed by atoms with E-state index in [2.05, 4.69) is 0 Å². The van der Waals surface area contributed by atoms with Gasteiger partial charge in [0.05, 0.1) is 18.9 Å². The van der Waals surface area contributed by atoms with Crippen molar-refractivity contribution in [2.75, 3.05) is 14.2 Å². The van der Waals surface area contributed by atoms with Crippen molar-refractivity contribution in [3.8, 4) is 0 Å². The number of rotatable bonds is 2. The molecule has 1 aromatic heterocycles. The van der Waals surface area contributed by atoms with Crippen LogP contribution in [0.15, 0.2) is 28.9 Å². The van der Waals surface area contributed by atoms with Gasteiger partial charge in [-0.15, -0.1) is 0 Å². The Morgan fingerprint density at radius 3 is 2.94 bits per heavy atom. The fourth-order valence-electron chi connectivity index (χ4n) is 1.40. The number of carbonyl (C=O) groups is 1. The van der Waals surface area contributed by atoms with Crippen LogP contribution < -0.4 is 0 Å². The van der Waals surface area contributed by atoms with Gasteiger partial charge in [-0.05, 0) is 18.2 Å². The van der Waals surface area contributed by atoms with E-state index in [0.29, 0.717) is 11.0 Å². The molecule has 1 aromatic carbocycles. The lowest BCUT2D eigenvalue weighted by atomic mass is 10.1. The second-order valence-corrected chi connectivity index (χ2v) is 3.28.